The molecule has 1 unspecified atom stereocenters. The van der Waals surface area contributed by atoms with Crippen molar-refractivity contribution in [3.8, 4) is 0 Å². The van der Waals surface area contributed by atoms with Gasteiger partial charge in [-0.05, 0) is 12.8 Å². The van der Waals surface area contributed by atoms with Crippen molar-refractivity contribution in [3.05, 3.63) is 0 Å². The number of likely N-dealkylation sites (tertiary alicyclic amines) is 1. The highest BCUT2D eigenvalue weighted by Crippen LogP contribution is 2.15. The number of sulfonamides is 1. The van der Waals surface area contributed by atoms with Gasteiger partial charge < -0.3 is 9.80 Å². The first kappa shape index (κ1) is 12.3. The predicted octanol–water partition coefficient (Wildman–Crippen LogP) is -0.579. The van der Waals surface area contributed by atoms with E-state index in [2.05, 4.69) is 0 Å². The van der Waals surface area contributed by atoms with Crippen LogP contribution in [0.5, 0.6) is 0 Å². The van der Waals surface area contributed by atoms with Crippen molar-refractivity contribution in [2.45, 2.75) is 18.1 Å². The molecule has 1 heterocycles. The molecule has 7 heteroatoms. The molecule has 0 radical (unpaired) electrons. The van der Waals surface area contributed by atoms with Gasteiger partial charge in [-0.15, -0.1) is 0 Å². The molecular formula is C8H17N3O3S. The Hall–Kier alpha value is -0.820. The normalized spacial score (nSPS) is 22.6. The number of piperidine rings is 1. The van der Waals surface area contributed by atoms with E-state index >= 15 is 0 Å². The predicted molar refractivity (Wildman–Crippen MR) is 56.8 cm³/mol. The Labute approximate surface area is 90.1 Å². The van der Waals surface area contributed by atoms with Gasteiger partial charge in [0.05, 0.1) is 5.25 Å². The van der Waals surface area contributed by atoms with Crippen LogP contribution in [0.25, 0.3) is 0 Å². The van der Waals surface area contributed by atoms with Gasteiger partial charge in [0.2, 0.25) is 10.0 Å². The molecule has 1 aliphatic heterocycles. The topological polar surface area (TPSA) is 83.7 Å². The summed E-state index contributed by atoms with van der Waals surface area (Å²) in [6.45, 7) is 0.804. The highest BCUT2D eigenvalue weighted by Gasteiger charge is 2.30. The molecule has 1 rings (SSSR count). The third kappa shape index (κ3) is 3.07. The van der Waals surface area contributed by atoms with Crippen LogP contribution in [-0.2, 0) is 10.0 Å². The van der Waals surface area contributed by atoms with Crippen molar-refractivity contribution >= 4 is 16.1 Å². The minimum Gasteiger partial charge on any atom is -0.331 e. The Morgan fingerprint density at radius 3 is 2.53 bits per heavy atom. The maximum absolute atomic E-state index is 11.6. The van der Waals surface area contributed by atoms with Gasteiger partial charge in [-0.1, -0.05) is 0 Å². The first-order chi connectivity index (χ1) is 6.82. The largest absolute Gasteiger partial charge is 0.331 e. The van der Waals surface area contributed by atoms with Gasteiger partial charge in [-0.3, -0.25) is 0 Å². The van der Waals surface area contributed by atoms with Crippen LogP contribution >= 0.6 is 0 Å². The fraction of sp³-hybridized carbons (Fsp3) is 0.875. The smallest absolute Gasteiger partial charge is 0.319 e. The molecule has 0 aromatic rings. The number of amides is 2. The van der Waals surface area contributed by atoms with E-state index in [1.165, 1.54) is 9.80 Å². The number of hydrogen-bond acceptors (Lipinski definition) is 3. The number of carbonyl (C=O) groups excluding carboxylic acids is 1. The van der Waals surface area contributed by atoms with Crippen LogP contribution in [0.2, 0.25) is 0 Å². The van der Waals surface area contributed by atoms with Gasteiger partial charge in [0.1, 0.15) is 0 Å². The molecule has 0 aromatic carbocycles. The molecule has 6 nitrogen and oxygen atoms in total. The summed E-state index contributed by atoms with van der Waals surface area (Å²) >= 11 is 0. The second-order valence-corrected chi connectivity index (χ2v) is 5.82. The Bertz CT molecular complexity index is 339. The van der Waals surface area contributed by atoms with Crippen molar-refractivity contribution in [3.63, 3.8) is 0 Å². The number of primary sulfonamides is 1. The maximum Gasteiger partial charge on any atom is 0.319 e. The SMILES string of the molecule is CN(C)C(=O)N1CCCC(S(N)(=O)=O)C1. The molecular weight excluding hydrogens is 218 g/mol. The molecule has 1 atom stereocenters. The molecule has 0 aliphatic carbocycles. The summed E-state index contributed by atoms with van der Waals surface area (Å²) in [5.41, 5.74) is 0. The van der Waals surface area contributed by atoms with Crippen LogP contribution in [0.1, 0.15) is 12.8 Å². The van der Waals surface area contributed by atoms with Crippen LogP contribution in [0, 0.1) is 0 Å². The van der Waals surface area contributed by atoms with Crippen molar-refractivity contribution in [2.75, 3.05) is 27.2 Å². The average molecular weight is 235 g/mol. The summed E-state index contributed by atoms with van der Waals surface area (Å²) in [5.74, 6) is 0. The Morgan fingerprint density at radius 2 is 2.07 bits per heavy atom. The van der Waals surface area contributed by atoms with Crippen molar-refractivity contribution < 1.29 is 13.2 Å². The van der Waals surface area contributed by atoms with Crippen molar-refractivity contribution in [2.24, 2.45) is 5.14 Å². The first-order valence-electron chi connectivity index (χ1n) is 4.80. The molecule has 88 valence electrons. The minimum absolute atomic E-state index is 0.164. The van der Waals surface area contributed by atoms with Gasteiger partial charge in [-0.25, -0.2) is 18.4 Å². The summed E-state index contributed by atoms with van der Waals surface area (Å²) in [6, 6.07) is -0.164. The third-order valence-corrected chi connectivity index (χ3v) is 3.81. The zero-order valence-corrected chi connectivity index (χ0v) is 9.83. The Kier molecular flexibility index (Phi) is 3.56. The fourth-order valence-electron chi connectivity index (χ4n) is 1.66. The van der Waals surface area contributed by atoms with Crippen molar-refractivity contribution in [1.82, 2.24) is 9.80 Å². The molecule has 15 heavy (non-hydrogen) atoms. The first-order valence-corrected chi connectivity index (χ1v) is 6.41. The van der Waals surface area contributed by atoms with Gasteiger partial charge >= 0.3 is 6.03 Å². The summed E-state index contributed by atoms with van der Waals surface area (Å²) in [6.07, 6.45) is 1.22. The monoisotopic (exact) mass is 235 g/mol. The van der Waals surface area contributed by atoms with E-state index in [-0.39, 0.29) is 12.6 Å². The number of nitrogens with two attached hydrogens (primary N) is 1. The number of carbonyl (C=O) groups is 1. The van der Waals surface area contributed by atoms with E-state index in [0.717, 1.165) is 0 Å². The number of nitrogens with zero attached hydrogens (tertiary/aromatic N) is 2. The number of hydrogen-bond donors (Lipinski definition) is 1. The Morgan fingerprint density at radius 1 is 1.47 bits per heavy atom. The molecule has 0 bridgehead atoms. The third-order valence-electron chi connectivity index (χ3n) is 2.50. The summed E-state index contributed by atoms with van der Waals surface area (Å²) in [5, 5.41) is 4.45. The standard InChI is InChI=1S/C8H17N3O3S/c1-10(2)8(12)11-5-3-4-7(6-11)15(9,13)14/h7H,3-6H2,1-2H3,(H2,9,13,14). The van der Waals surface area contributed by atoms with Crippen LogP contribution in [0.3, 0.4) is 0 Å². The highest BCUT2D eigenvalue weighted by atomic mass is 32.2. The summed E-state index contributed by atoms with van der Waals surface area (Å²) in [7, 11) is -0.247. The summed E-state index contributed by atoms with van der Waals surface area (Å²) in [4.78, 5) is 14.5. The second kappa shape index (κ2) is 4.36. The van der Waals surface area contributed by atoms with Gasteiger partial charge in [0.25, 0.3) is 0 Å². The molecule has 0 spiro atoms. The molecule has 1 fully saturated rings. The lowest BCUT2D eigenvalue weighted by molar-refractivity contribution is 0.161. The lowest BCUT2D eigenvalue weighted by atomic mass is 10.1. The molecule has 2 N–H and O–H groups in total. The average Bonchev–Trinajstić information content (AvgIpc) is 2.15. The van der Waals surface area contributed by atoms with Crippen LogP contribution in [-0.4, -0.2) is 56.7 Å². The lowest BCUT2D eigenvalue weighted by Gasteiger charge is -2.33. The van der Waals surface area contributed by atoms with Gasteiger partial charge in [0, 0.05) is 27.2 Å². The van der Waals surface area contributed by atoms with E-state index in [1.54, 1.807) is 14.1 Å². The van der Waals surface area contributed by atoms with E-state index in [0.29, 0.717) is 19.4 Å². The van der Waals surface area contributed by atoms with Gasteiger partial charge in [-0.2, -0.15) is 0 Å². The zero-order valence-electron chi connectivity index (χ0n) is 9.01. The quantitative estimate of drug-likeness (QED) is 0.660. The maximum atomic E-state index is 11.6. The van der Waals surface area contributed by atoms with Crippen LogP contribution < -0.4 is 5.14 Å². The van der Waals surface area contributed by atoms with E-state index in [9.17, 15) is 13.2 Å². The minimum atomic E-state index is -3.53. The van der Waals surface area contributed by atoms with E-state index in [1.807, 2.05) is 0 Å². The van der Waals surface area contributed by atoms with Crippen LogP contribution in [0.15, 0.2) is 0 Å². The molecule has 2 amide bonds. The molecule has 0 aromatic heterocycles. The zero-order chi connectivity index (χ0) is 11.6. The molecule has 1 saturated heterocycles. The fourth-order valence-corrected chi connectivity index (χ4v) is 2.55. The highest BCUT2D eigenvalue weighted by molar-refractivity contribution is 7.89. The number of rotatable bonds is 1. The molecule has 0 saturated carbocycles. The second-order valence-electron chi connectivity index (χ2n) is 3.98. The number of urea groups is 1. The van der Waals surface area contributed by atoms with Gasteiger partial charge in [0.15, 0.2) is 0 Å². The van der Waals surface area contributed by atoms with E-state index in [4.69, 9.17) is 5.14 Å². The van der Waals surface area contributed by atoms with Crippen molar-refractivity contribution in [1.29, 1.82) is 0 Å². The van der Waals surface area contributed by atoms with E-state index < -0.39 is 15.3 Å². The molecule has 1 aliphatic rings. The Balaban J connectivity index is 2.69. The lowest BCUT2D eigenvalue weighted by Crippen LogP contribution is -2.49. The van der Waals surface area contributed by atoms with Crippen LogP contribution in [0.4, 0.5) is 4.79 Å². The summed E-state index contributed by atoms with van der Waals surface area (Å²) < 4.78 is 22.3.